The standard InChI is InChI=1S/C13H12ClF2N5/c1-7(14)13-18-9-4-3-8(15)11(16)12(9)21(13)5-10-19-17-6-20(10)2/h3-4,6-7H,5H2,1-2H3. The van der Waals surface area contributed by atoms with Crippen LogP contribution < -0.4 is 0 Å². The smallest absolute Gasteiger partial charge is 0.184 e. The summed E-state index contributed by atoms with van der Waals surface area (Å²) >= 11 is 6.11. The lowest BCUT2D eigenvalue weighted by atomic mass is 10.3. The van der Waals surface area contributed by atoms with Crippen molar-refractivity contribution in [2.24, 2.45) is 7.05 Å². The van der Waals surface area contributed by atoms with Gasteiger partial charge >= 0.3 is 0 Å². The molecule has 0 saturated heterocycles. The van der Waals surface area contributed by atoms with Crippen molar-refractivity contribution in [3.05, 3.63) is 41.7 Å². The molecule has 1 atom stereocenters. The van der Waals surface area contributed by atoms with Gasteiger partial charge in [0.1, 0.15) is 17.7 Å². The number of nitrogens with zero attached hydrogens (tertiary/aromatic N) is 5. The summed E-state index contributed by atoms with van der Waals surface area (Å²) in [6.45, 7) is 1.93. The van der Waals surface area contributed by atoms with Gasteiger partial charge in [-0.05, 0) is 19.1 Å². The molecule has 0 aliphatic carbocycles. The van der Waals surface area contributed by atoms with Crippen LogP contribution in [0.3, 0.4) is 0 Å². The molecule has 0 N–H and O–H groups in total. The van der Waals surface area contributed by atoms with Gasteiger partial charge in [-0.2, -0.15) is 0 Å². The largest absolute Gasteiger partial charge is 0.319 e. The van der Waals surface area contributed by atoms with Gasteiger partial charge in [0.15, 0.2) is 17.5 Å². The Morgan fingerprint density at radius 2 is 2.10 bits per heavy atom. The molecule has 0 radical (unpaired) electrons. The molecule has 0 aliphatic heterocycles. The van der Waals surface area contributed by atoms with Crippen molar-refractivity contribution in [3.63, 3.8) is 0 Å². The average molecular weight is 312 g/mol. The molecule has 0 amide bonds. The van der Waals surface area contributed by atoms with Crippen molar-refractivity contribution in [2.45, 2.75) is 18.8 Å². The molecule has 0 aliphatic rings. The van der Waals surface area contributed by atoms with Crippen LogP contribution in [0.2, 0.25) is 0 Å². The second kappa shape index (κ2) is 5.07. The fraction of sp³-hybridized carbons (Fsp3) is 0.308. The molecule has 0 fully saturated rings. The molecular formula is C13H12ClF2N5. The first-order valence-electron chi connectivity index (χ1n) is 6.30. The van der Waals surface area contributed by atoms with E-state index in [4.69, 9.17) is 11.6 Å². The summed E-state index contributed by atoms with van der Waals surface area (Å²) < 4.78 is 30.9. The fourth-order valence-electron chi connectivity index (χ4n) is 2.23. The summed E-state index contributed by atoms with van der Waals surface area (Å²) in [5.74, 6) is -0.808. The van der Waals surface area contributed by atoms with E-state index in [-0.39, 0.29) is 12.1 Å². The molecule has 5 nitrogen and oxygen atoms in total. The van der Waals surface area contributed by atoms with E-state index in [0.717, 1.165) is 6.07 Å². The average Bonchev–Trinajstić information content (AvgIpc) is 3.00. The number of aryl methyl sites for hydroxylation is 1. The van der Waals surface area contributed by atoms with E-state index in [1.54, 1.807) is 18.5 Å². The lowest BCUT2D eigenvalue weighted by Crippen LogP contribution is -2.10. The molecule has 2 aromatic heterocycles. The van der Waals surface area contributed by atoms with Crippen LogP contribution >= 0.6 is 11.6 Å². The number of hydrogen-bond donors (Lipinski definition) is 0. The lowest BCUT2D eigenvalue weighted by Gasteiger charge is -2.10. The van der Waals surface area contributed by atoms with Gasteiger partial charge in [0.05, 0.1) is 17.4 Å². The molecular weight excluding hydrogens is 300 g/mol. The SMILES string of the molecule is CC(Cl)c1nc2ccc(F)c(F)c2n1Cc1nncn1C. The number of aromatic nitrogens is 5. The van der Waals surface area contributed by atoms with Crippen molar-refractivity contribution >= 4 is 22.6 Å². The van der Waals surface area contributed by atoms with E-state index in [1.165, 1.54) is 17.0 Å². The Bertz CT molecular complexity index is 808. The summed E-state index contributed by atoms with van der Waals surface area (Å²) in [6.07, 6.45) is 1.54. The highest BCUT2D eigenvalue weighted by atomic mass is 35.5. The Hall–Kier alpha value is -2.02. The highest BCUT2D eigenvalue weighted by molar-refractivity contribution is 6.20. The number of fused-ring (bicyclic) bond motifs is 1. The summed E-state index contributed by atoms with van der Waals surface area (Å²) in [5.41, 5.74) is 0.444. The Labute approximate surface area is 124 Å². The second-order valence-corrected chi connectivity index (χ2v) is 5.41. The van der Waals surface area contributed by atoms with Gasteiger partial charge < -0.3 is 9.13 Å². The zero-order valence-corrected chi connectivity index (χ0v) is 12.1. The van der Waals surface area contributed by atoms with Gasteiger partial charge in [0.25, 0.3) is 0 Å². The fourth-order valence-corrected chi connectivity index (χ4v) is 2.40. The van der Waals surface area contributed by atoms with Crippen molar-refractivity contribution in [2.75, 3.05) is 0 Å². The molecule has 110 valence electrons. The number of halogens is 3. The van der Waals surface area contributed by atoms with Gasteiger partial charge in [-0.15, -0.1) is 21.8 Å². The normalized spacial score (nSPS) is 13.0. The quantitative estimate of drug-likeness (QED) is 0.699. The number of rotatable bonds is 3. The first-order valence-corrected chi connectivity index (χ1v) is 6.73. The first kappa shape index (κ1) is 13.9. The van der Waals surface area contributed by atoms with Gasteiger partial charge in [0, 0.05) is 7.05 Å². The van der Waals surface area contributed by atoms with E-state index in [0.29, 0.717) is 17.2 Å². The minimum atomic E-state index is -0.939. The van der Waals surface area contributed by atoms with E-state index in [2.05, 4.69) is 15.2 Å². The Balaban J connectivity index is 2.25. The van der Waals surface area contributed by atoms with Crippen molar-refractivity contribution in [1.82, 2.24) is 24.3 Å². The van der Waals surface area contributed by atoms with Crippen LogP contribution in [0.4, 0.5) is 8.78 Å². The Morgan fingerprint density at radius 1 is 1.33 bits per heavy atom. The molecule has 1 unspecified atom stereocenters. The van der Waals surface area contributed by atoms with Crippen LogP contribution in [0.5, 0.6) is 0 Å². The molecule has 21 heavy (non-hydrogen) atoms. The van der Waals surface area contributed by atoms with Crippen molar-refractivity contribution in [1.29, 1.82) is 0 Å². The van der Waals surface area contributed by atoms with Gasteiger partial charge in [-0.3, -0.25) is 0 Å². The number of hydrogen-bond acceptors (Lipinski definition) is 3. The van der Waals surface area contributed by atoms with Crippen molar-refractivity contribution < 1.29 is 8.78 Å². The molecule has 0 spiro atoms. The van der Waals surface area contributed by atoms with Crippen LogP contribution in [0.15, 0.2) is 18.5 Å². The summed E-state index contributed by atoms with van der Waals surface area (Å²) in [5, 5.41) is 7.28. The molecule has 8 heteroatoms. The highest BCUT2D eigenvalue weighted by Crippen LogP contribution is 2.28. The van der Waals surface area contributed by atoms with Crippen LogP contribution in [0.25, 0.3) is 11.0 Å². The van der Waals surface area contributed by atoms with Crippen LogP contribution in [0.1, 0.15) is 23.9 Å². The van der Waals surface area contributed by atoms with E-state index in [9.17, 15) is 8.78 Å². The van der Waals surface area contributed by atoms with Crippen molar-refractivity contribution in [3.8, 4) is 0 Å². The third-order valence-electron chi connectivity index (χ3n) is 3.29. The van der Waals surface area contributed by atoms with Gasteiger partial charge in [-0.25, -0.2) is 13.8 Å². The zero-order chi connectivity index (χ0) is 15.1. The molecule has 0 bridgehead atoms. The monoisotopic (exact) mass is 311 g/mol. The second-order valence-electron chi connectivity index (χ2n) is 4.76. The van der Waals surface area contributed by atoms with E-state index in [1.807, 2.05) is 0 Å². The predicted molar refractivity (Wildman–Crippen MR) is 74.0 cm³/mol. The molecule has 3 rings (SSSR count). The number of benzene rings is 1. The first-order chi connectivity index (χ1) is 9.99. The topological polar surface area (TPSA) is 48.5 Å². The zero-order valence-electron chi connectivity index (χ0n) is 11.4. The summed E-state index contributed by atoms with van der Waals surface area (Å²) in [4.78, 5) is 4.29. The van der Waals surface area contributed by atoms with Crippen LogP contribution in [-0.2, 0) is 13.6 Å². The van der Waals surface area contributed by atoms with Crippen LogP contribution in [-0.4, -0.2) is 24.3 Å². The minimum absolute atomic E-state index is 0.0838. The van der Waals surface area contributed by atoms with Gasteiger partial charge in [-0.1, -0.05) is 0 Å². The third kappa shape index (κ3) is 2.27. The molecule has 3 aromatic rings. The summed E-state index contributed by atoms with van der Waals surface area (Å²) in [6, 6.07) is 2.49. The lowest BCUT2D eigenvalue weighted by molar-refractivity contribution is 0.511. The van der Waals surface area contributed by atoms with Crippen LogP contribution in [0, 0.1) is 11.6 Å². The predicted octanol–water partition coefficient (Wildman–Crippen LogP) is 2.79. The van der Waals surface area contributed by atoms with E-state index >= 15 is 0 Å². The number of imidazole rings is 1. The molecule has 2 heterocycles. The highest BCUT2D eigenvalue weighted by Gasteiger charge is 2.21. The minimum Gasteiger partial charge on any atom is -0.319 e. The number of alkyl halides is 1. The summed E-state index contributed by atoms with van der Waals surface area (Å²) in [7, 11) is 1.77. The Kier molecular flexibility index (Phi) is 3.36. The maximum absolute atomic E-state index is 14.1. The van der Waals surface area contributed by atoms with Gasteiger partial charge in [0.2, 0.25) is 0 Å². The van der Waals surface area contributed by atoms with E-state index < -0.39 is 17.0 Å². The maximum atomic E-state index is 14.1. The Morgan fingerprint density at radius 3 is 2.71 bits per heavy atom. The third-order valence-corrected chi connectivity index (χ3v) is 3.48. The molecule has 1 aromatic carbocycles. The molecule has 0 saturated carbocycles. The maximum Gasteiger partial charge on any atom is 0.184 e.